The summed E-state index contributed by atoms with van der Waals surface area (Å²) in [6.45, 7) is 0. The second kappa shape index (κ2) is 4.29. The van der Waals surface area contributed by atoms with Gasteiger partial charge in [-0.15, -0.1) is 0 Å². The van der Waals surface area contributed by atoms with Gasteiger partial charge in [0.15, 0.2) is 5.82 Å². The number of benzene rings is 1. The molecule has 0 amide bonds. The minimum absolute atomic E-state index is 0.610. The van der Waals surface area contributed by atoms with Gasteiger partial charge in [0.05, 0.1) is 12.8 Å². The molecule has 1 aliphatic rings. The number of hydrogen-bond acceptors (Lipinski definition) is 4. The topological polar surface area (TPSA) is 61.0 Å². The number of anilines is 1. The van der Waals surface area contributed by atoms with Crippen molar-refractivity contribution in [1.82, 2.24) is 9.97 Å². The first kappa shape index (κ1) is 11.0. The Morgan fingerprint density at radius 2 is 2.17 bits per heavy atom. The van der Waals surface area contributed by atoms with Gasteiger partial charge < -0.3 is 10.5 Å². The SMILES string of the molecule is COc1ccc(-c2ncc3c(n2)CCC3)cc1N. The van der Waals surface area contributed by atoms with E-state index in [1.54, 1.807) is 7.11 Å². The number of nitrogens with two attached hydrogens (primary N) is 1. The van der Waals surface area contributed by atoms with Gasteiger partial charge in [0, 0.05) is 17.5 Å². The van der Waals surface area contributed by atoms with E-state index < -0.39 is 0 Å². The maximum absolute atomic E-state index is 5.90. The van der Waals surface area contributed by atoms with Gasteiger partial charge in [-0.05, 0) is 43.0 Å². The van der Waals surface area contributed by atoms with Crippen LogP contribution in [-0.2, 0) is 12.8 Å². The Morgan fingerprint density at radius 1 is 1.28 bits per heavy atom. The Labute approximate surface area is 106 Å². The number of nitrogens with zero attached hydrogens (tertiary/aromatic N) is 2. The van der Waals surface area contributed by atoms with Crippen molar-refractivity contribution < 1.29 is 4.74 Å². The van der Waals surface area contributed by atoms with Crippen LogP contribution in [0.2, 0.25) is 0 Å². The molecule has 0 unspecified atom stereocenters. The molecule has 0 spiro atoms. The molecule has 0 atom stereocenters. The third kappa shape index (κ3) is 1.79. The summed E-state index contributed by atoms with van der Waals surface area (Å²) in [6, 6.07) is 5.64. The van der Waals surface area contributed by atoms with Crippen LogP contribution in [0.4, 0.5) is 5.69 Å². The average Bonchev–Trinajstić information content (AvgIpc) is 2.85. The monoisotopic (exact) mass is 241 g/mol. The Kier molecular flexibility index (Phi) is 2.63. The van der Waals surface area contributed by atoms with Gasteiger partial charge in [0.2, 0.25) is 0 Å². The second-order valence-electron chi connectivity index (χ2n) is 4.48. The number of aromatic nitrogens is 2. The quantitative estimate of drug-likeness (QED) is 0.819. The molecule has 1 heterocycles. The fourth-order valence-corrected chi connectivity index (χ4v) is 2.33. The van der Waals surface area contributed by atoms with Crippen LogP contribution in [0.3, 0.4) is 0 Å². The van der Waals surface area contributed by atoms with E-state index in [0.717, 1.165) is 24.2 Å². The number of ether oxygens (including phenoxy) is 1. The average molecular weight is 241 g/mol. The first-order valence-electron chi connectivity index (χ1n) is 6.06. The summed E-state index contributed by atoms with van der Waals surface area (Å²) in [7, 11) is 1.61. The second-order valence-corrected chi connectivity index (χ2v) is 4.48. The predicted molar refractivity (Wildman–Crippen MR) is 70.5 cm³/mol. The Balaban J connectivity index is 2.02. The molecule has 4 heteroatoms. The van der Waals surface area contributed by atoms with Crippen molar-refractivity contribution in [3.05, 3.63) is 35.7 Å². The van der Waals surface area contributed by atoms with E-state index >= 15 is 0 Å². The molecular formula is C14H15N3O. The van der Waals surface area contributed by atoms with Gasteiger partial charge in [0.25, 0.3) is 0 Å². The third-order valence-electron chi connectivity index (χ3n) is 3.30. The van der Waals surface area contributed by atoms with Crippen molar-refractivity contribution in [2.24, 2.45) is 0 Å². The molecule has 0 fully saturated rings. The van der Waals surface area contributed by atoms with Crippen LogP contribution in [-0.4, -0.2) is 17.1 Å². The fraction of sp³-hybridized carbons (Fsp3) is 0.286. The zero-order chi connectivity index (χ0) is 12.5. The van der Waals surface area contributed by atoms with E-state index in [9.17, 15) is 0 Å². The summed E-state index contributed by atoms with van der Waals surface area (Å²) >= 11 is 0. The van der Waals surface area contributed by atoms with Gasteiger partial charge in [-0.3, -0.25) is 0 Å². The minimum atomic E-state index is 0.610. The van der Waals surface area contributed by atoms with Crippen molar-refractivity contribution in [1.29, 1.82) is 0 Å². The Hall–Kier alpha value is -2.10. The predicted octanol–water partition coefficient (Wildman–Crippen LogP) is 2.22. The van der Waals surface area contributed by atoms with Crippen LogP contribution in [0.5, 0.6) is 5.75 Å². The van der Waals surface area contributed by atoms with Crippen LogP contribution >= 0.6 is 0 Å². The summed E-state index contributed by atoms with van der Waals surface area (Å²) < 4.78 is 5.14. The highest BCUT2D eigenvalue weighted by molar-refractivity contribution is 5.66. The smallest absolute Gasteiger partial charge is 0.159 e. The van der Waals surface area contributed by atoms with E-state index in [1.807, 2.05) is 24.4 Å². The molecule has 0 aliphatic heterocycles. The molecule has 1 aromatic carbocycles. The lowest BCUT2D eigenvalue weighted by molar-refractivity contribution is 0.417. The Bertz CT molecular complexity index is 596. The van der Waals surface area contributed by atoms with E-state index in [0.29, 0.717) is 11.4 Å². The van der Waals surface area contributed by atoms with Gasteiger partial charge in [-0.25, -0.2) is 9.97 Å². The summed E-state index contributed by atoms with van der Waals surface area (Å²) in [5.74, 6) is 1.42. The molecule has 0 radical (unpaired) electrons. The molecule has 1 aromatic heterocycles. The molecule has 92 valence electrons. The van der Waals surface area contributed by atoms with Crippen molar-refractivity contribution in [2.75, 3.05) is 12.8 Å². The lowest BCUT2D eigenvalue weighted by Gasteiger charge is -2.07. The molecule has 3 rings (SSSR count). The van der Waals surface area contributed by atoms with E-state index in [1.165, 1.54) is 17.7 Å². The standard InChI is InChI=1S/C14H15N3O/c1-18-13-6-5-9(7-11(13)15)14-16-8-10-3-2-4-12(10)17-14/h5-8H,2-4,15H2,1H3. The fourth-order valence-electron chi connectivity index (χ4n) is 2.33. The molecule has 4 nitrogen and oxygen atoms in total. The molecule has 2 N–H and O–H groups in total. The van der Waals surface area contributed by atoms with Gasteiger partial charge >= 0.3 is 0 Å². The number of rotatable bonds is 2. The molecule has 0 saturated heterocycles. The summed E-state index contributed by atoms with van der Waals surface area (Å²) in [5, 5.41) is 0. The third-order valence-corrected chi connectivity index (χ3v) is 3.30. The highest BCUT2D eigenvalue weighted by Gasteiger charge is 2.14. The number of aryl methyl sites for hydroxylation is 2. The zero-order valence-corrected chi connectivity index (χ0v) is 10.3. The zero-order valence-electron chi connectivity index (χ0n) is 10.3. The molecule has 1 aliphatic carbocycles. The van der Waals surface area contributed by atoms with Crippen LogP contribution in [0.25, 0.3) is 11.4 Å². The van der Waals surface area contributed by atoms with Crippen LogP contribution < -0.4 is 10.5 Å². The van der Waals surface area contributed by atoms with Crippen molar-refractivity contribution >= 4 is 5.69 Å². The van der Waals surface area contributed by atoms with Crippen LogP contribution in [0.1, 0.15) is 17.7 Å². The minimum Gasteiger partial charge on any atom is -0.495 e. The lowest BCUT2D eigenvalue weighted by atomic mass is 10.1. The van der Waals surface area contributed by atoms with Crippen molar-refractivity contribution in [3.63, 3.8) is 0 Å². The highest BCUT2D eigenvalue weighted by atomic mass is 16.5. The van der Waals surface area contributed by atoms with Crippen LogP contribution in [0, 0.1) is 0 Å². The highest BCUT2D eigenvalue weighted by Crippen LogP contribution is 2.28. The maximum atomic E-state index is 5.90. The molecule has 0 saturated carbocycles. The maximum Gasteiger partial charge on any atom is 0.159 e. The van der Waals surface area contributed by atoms with Gasteiger partial charge in [0.1, 0.15) is 5.75 Å². The number of hydrogen-bond donors (Lipinski definition) is 1. The van der Waals surface area contributed by atoms with Gasteiger partial charge in [-0.1, -0.05) is 0 Å². The number of fused-ring (bicyclic) bond motifs is 1. The molecule has 2 aromatic rings. The number of methoxy groups -OCH3 is 1. The Morgan fingerprint density at radius 3 is 2.94 bits per heavy atom. The molecule has 18 heavy (non-hydrogen) atoms. The first-order valence-corrected chi connectivity index (χ1v) is 6.06. The normalized spacial score (nSPS) is 13.4. The van der Waals surface area contributed by atoms with Crippen molar-refractivity contribution in [3.8, 4) is 17.1 Å². The van der Waals surface area contributed by atoms with E-state index in [4.69, 9.17) is 10.5 Å². The summed E-state index contributed by atoms with van der Waals surface area (Å²) in [4.78, 5) is 9.02. The van der Waals surface area contributed by atoms with Crippen molar-refractivity contribution in [2.45, 2.75) is 19.3 Å². The van der Waals surface area contributed by atoms with Gasteiger partial charge in [-0.2, -0.15) is 0 Å². The molecule has 0 bridgehead atoms. The lowest BCUT2D eigenvalue weighted by Crippen LogP contribution is -1.97. The van der Waals surface area contributed by atoms with E-state index in [2.05, 4.69) is 9.97 Å². The summed E-state index contributed by atoms with van der Waals surface area (Å²) in [5.41, 5.74) is 9.90. The largest absolute Gasteiger partial charge is 0.495 e. The van der Waals surface area contributed by atoms with E-state index in [-0.39, 0.29) is 0 Å². The molecular weight excluding hydrogens is 226 g/mol. The first-order chi connectivity index (χ1) is 8.78. The summed E-state index contributed by atoms with van der Waals surface area (Å²) in [6.07, 6.45) is 5.26. The number of nitrogen functional groups attached to an aromatic ring is 1. The van der Waals surface area contributed by atoms with Crippen LogP contribution in [0.15, 0.2) is 24.4 Å².